The van der Waals surface area contributed by atoms with Crippen molar-refractivity contribution in [1.82, 2.24) is 25.0 Å². The molecule has 0 unspecified atom stereocenters. The summed E-state index contributed by atoms with van der Waals surface area (Å²) in [6.45, 7) is 8.35. The molecule has 3 fully saturated rings. The highest BCUT2D eigenvalue weighted by Gasteiger charge is 2.54. The Hall–Kier alpha value is -2.94. The van der Waals surface area contributed by atoms with E-state index >= 15 is 0 Å². The van der Waals surface area contributed by atoms with Crippen molar-refractivity contribution in [3.8, 4) is 11.4 Å². The Balaban J connectivity index is 1.17. The first kappa shape index (κ1) is 17.9. The van der Waals surface area contributed by atoms with Gasteiger partial charge >= 0.3 is 0 Å². The third-order valence-corrected chi connectivity index (χ3v) is 6.58. The van der Waals surface area contributed by atoms with Crippen molar-refractivity contribution in [2.24, 2.45) is 5.41 Å². The van der Waals surface area contributed by atoms with Crippen molar-refractivity contribution >= 4 is 5.69 Å². The largest absolute Gasteiger partial charge is 0.369 e. The minimum atomic E-state index is -0.135. The molecule has 30 heavy (non-hydrogen) atoms. The van der Waals surface area contributed by atoms with Crippen molar-refractivity contribution in [3.63, 3.8) is 0 Å². The van der Waals surface area contributed by atoms with Crippen molar-refractivity contribution < 1.29 is 9.05 Å². The first-order chi connectivity index (χ1) is 14.5. The molecule has 0 radical (unpaired) electrons. The summed E-state index contributed by atoms with van der Waals surface area (Å²) in [5.41, 5.74) is 3.16. The third kappa shape index (κ3) is 2.87. The lowest BCUT2D eigenvalue weighted by molar-refractivity contribution is -0.0275. The zero-order valence-corrected chi connectivity index (χ0v) is 17.2. The molecule has 1 aliphatic carbocycles. The zero-order chi connectivity index (χ0) is 20.5. The summed E-state index contributed by atoms with van der Waals surface area (Å²) in [4.78, 5) is 17.6. The second kappa shape index (κ2) is 6.28. The summed E-state index contributed by atoms with van der Waals surface area (Å²) < 4.78 is 11.9. The zero-order valence-electron chi connectivity index (χ0n) is 17.2. The van der Waals surface area contributed by atoms with Gasteiger partial charge in [0.15, 0.2) is 0 Å². The molecule has 9 heteroatoms. The molecule has 0 N–H and O–H groups in total. The molecule has 2 aliphatic heterocycles. The average molecular weight is 408 g/mol. The van der Waals surface area contributed by atoms with Crippen LogP contribution in [0.4, 0.5) is 5.69 Å². The van der Waals surface area contributed by atoms with Crippen LogP contribution in [-0.4, -0.2) is 57.2 Å². The smallest absolute Gasteiger partial charge is 0.269 e. The standard InChI is InChI=1S/C21H24N6O3/c1-13-5-18(23-29-13)20-17(14(2)30-24-20)8-27-19(28)6-16(7-22-27)26-11-21(12-26)9-25(10-21)15-3-4-15/h5-7,15H,3-4,8-12H2,1-2H3. The average Bonchev–Trinajstić information content (AvgIpc) is 3.30. The quantitative estimate of drug-likeness (QED) is 0.631. The number of aromatic nitrogens is 4. The van der Waals surface area contributed by atoms with Crippen molar-refractivity contribution in [3.05, 3.63) is 45.8 Å². The lowest BCUT2D eigenvalue weighted by Crippen LogP contribution is -2.72. The number of hydrogen-bond donors (Lipinski definition) is 0. The Morgan fingerprint density at radius 2 is 1.90 bits per heavy atom. The van der Waals surface area contributed by atoms with E-state index in [4.69, 9.17) is 9.05 Å². The number of rotatable bonds is 5. The highest BCUT2D eigenvalue weighted by Crippen LogP contribution is 2.45. The van der Waals surface area contributed by atoms with E-state index < -0.39 is 0 Å². The number of hydrogen-bond acceptors (Lipinski definition) is 8. The summed E-state index contributed by atoms with van der Waals surface area (Å²) in [5, 5.41) is 12.5. The molecule has 3 aromatic rings. The van der Waals surface area contributed by atoms with Gasteiger partial charge in [0.05, 0.1) is 18.4 Å². The SMILES string of the molecule is Cc1cc(-c2noc(C)c2Cn2ncc(N3CC4(C3)CN(C3CC3)C4)cc2=O)no1. The van der Waals surface area contributed by atoms with Gasteiger partial charge in [-0.3, -0.25) is 9.69 Å². The monoisotopic (exact) mass is 408 g/mol. The molecular formula is C21H24N6O3. The van der Waals surface area contributed by atoms with Gasteiger partial charge in [0.2, 0.25) is 0 Å². The predicted octanol–water partition coefficient (Wildman–Crippen LogP) is 1.84. The lowest BCUT2D eigenvalue weighted by atomic mass is 9.72. The molecule has 0 bridgehead atoms. The van der Waals surface area contributed by atoms with Gasteiger partial charge in [-0.1, -0.05) is 10.3 Å². The number of aryl methyl sites for hydroxylation is 2. The van der Waals surface area contributed by atoms with Crippen LogP contribution in [-0.2, 0) is 6.54 Å². The van der Waals surface area contributed by atoms with Gasteiger partial charge in [0.1, 0.15) is 22.9 Å². The van der Waals surface area contributed by atoms with E-state index in [1.807, 2.05) is 13.8 Å². The van der Waals surface area contributed by atoms with Crippen molar-refractivity contribution in [2.75, 3.05) is 31.1 Å². The van der Waals surface area contributed by atoms with E-state index in [9.17, 15) is 4.79 Å². The van der Waals surface area contributed by atoms with Crippen LogP contribution >= 0.6 is 0 Å². The summed E-state index contributed by atoms with van der Waals surface area (Å²) in [7, 11) is 0. The Bertz CT molecular complexity index is 1160. The molecule has 9 nitrogen and oxygen atoms in total. The Morgan fingerprint density at radius 3 is 2.57 bits per heavy atom. The molecule has 1 saturated carbocycles. The Kier molecular flexibility index (Phi) is 3.74. The molecule has 0 aromatic carbocycles. The Labute approximate surface area is 173 Å². The lowest BCUT2D eigenvalue weighted by Gasteiger charge is -2.61. The van der Waals surface area contributed by atoms with Crippen LogP contribution in [0.5, 0.6) is 0 Å². The summed E-state index contributed by atoms with van der Waals surface area (Å²) in [6.07, 6.45) is 4.52. The topological polar surface area (TPSA) is 93.4 Å². The fourth-order valence-electron chi connectivity index (χ4n) is 4.78. The summed E-state index contributed by atoms with van der Waals surface area (Å²) in [5.74, 6) is 1.33. The molecule has 156 valence electrons. The highest BCUT2D eigenvalue weighted by atomic mass is 16.5. The molecule has 3 aliphatic rings. The number of nitrogens with zero attached hydrogens (tertiary/aromatic N) is 6. The number of anilines is 1. The third-order valence-electron chi connectivity index (χ3n) is 6.58. The van der Waals surface area contributed by atoms with E-state index in [1.165, 1.54) is 30.6 Å². The molecule has 6 rings (SSSR count). The predicted molar refractivity (Wildman–Crippen MR) is 108 cm³/mol. The van der Waals surface area contributed by atoms with Crippen molar-refractivity contribution in [2.45, 2.75) is 39.3 Å². The first-order valence-corrected chi connectivity index (χ1v) is 10.4. The van der Waals surface area contributed by atoms with Crippen LogP contribution in [0.3, 0.4) is 0 Å². The van der Waals surface area contributed by atoms with Crippen LogP contribution in [0.1, 0.15) is 29.9 Å². The maximum atomic E-state index is 12.7. The van der Waals surface area contributed by atoms with Crippen LogP contribution < -0.4 is 10.5 Å². The fraction of sp³-hybridized carbons (Fsp3) is 0.524. The van der Waals surface area contributed by atoms with E-state index in [-0.39, 0.29) is 12.1 Å². The van der Waals surface area contributed by atoms with Crippen LogP contribution in [0, 0.1) is 19.3 Å². The molecule has 0 atom stereocenters. The van der Waals surface area contributed by atoms with Crippen LogP contribution in [0.15, 0.2) is 32.2 Å². The van der Waals surface area contributed by atoms with Gasteiger partial charge in [-0.15, -0.1) is 0 Å². The maximum absolute atomic E-state index is 12.7. The molecule has 1 spiro atoms. The van der Waals surface area contributed by atoms with Crippen LogP contribution in [0.2, 0.25) is 0 Å². The van der Waals surface area contributed by atoms with Gasteiger partial charge in [-0.25, -0.2) is 4.68 Å². The normalized spacial score (nSPS) is 20.4. The second-order valence-electron chi connectivity index (χ2n) is 9.09. The first-order valence-electron chi connectivity index (χ1n) is 10.4. The van der Waals surface area contributed by atoms with Gasteiger partial charge in [-0.05, 0) is 26.7 Å². The van der Waals surface area contributed by atoms with Crippen molar-refractivity contribution in [1.29, 1.82) is 0 Å². The fourth-order valence-corrected chi connectivity index (χ4v) is 4.78. The molecule has 2 saturated heterocycles. The van der Waals surface area contributed by atoms with Crippen LogP contribution in [0.25, 0.3) is 11.4 Å². The number of likely N-dealkylation sites (tertiary alicyclic amines) is 1. The highest BCUT2D eigenvalue weighted by molar-refractivity contribution is 5.59. The Morgan fingerprint density at radius 1 is 1.10 bits per heavy atom. The second-order valence-corrected chi connectivity index (χ2v) is 9.09. The van der Waals surface area contributed by atoms with Gasteiger partial charge < -0.3 is 13.9 Å². The van der Waals surface area contributed by atoms with E-state index in [1.54, 1.807) is 18.3 Å². The van der Waals surface area contributed by atoms with Gasteiger partial charge in [-0.2, -0.15) is 5.10 Å². The van der Waals surface area contributed by atoms with E-state index in [0.717, 1.165) is 30.4 Å². The molecular weight excluding hydrogens is 384 g/mol. The van der Waals surface area contributed by atoms with Gasteiger partial charge in [0.25, 0.3) is 5.56 Å². The minimum Gasteiger partial charge on any atom is -0.369 e. The minimum absolute atomic E-state index is 0.135. The van der Waals surface area contributed by atoms with E-state index in [0.29, 0.717) is 28.3 Å². The van der Waals surface area contributed by atoms with E-state index in [2.05, 4.69) is 25.2 Å². The van der Waals surface area contributed by atoms with Gasteiger partial charge in [0, 0.05) is 55.3 Å². The summed E-state index contributed by atoms with van der Waals surface area (Å²) in [6, 6.07) is 4.33. The maximum Gasteiger partial charge on any atom is 0.269 e. The molecule has 3 aromatic heterocycles. The molecule has 0 amide bonds. The molecule has 5 heterocycles. The summed E-state index contributed by atoms with van der Waals surface area (Å²) >= 11 is 0.